The van der Waals surface area contributed by atoms with Crippen molar-refractivity contribution in [2.45, 2.75) is 12.8 Å². The number of benzene rings is 1. The molecule has 1 aliphatic heterocycles. The molecule has 3 heteroatoms. The first-order chi connectivity index (χ1) is 9.25. The van der Waals surface area contributed by atoms with Crippen LogP contribution >= 0.6 is 0 Å². The van der Waals surface area contributed by atoms with Gasteiger partial charge in [0.2, 0.25) is 0 Å². The van der Waals surface area contributed by atoms with Gasteiger partial charge in [-0.2, -0.15) is 0 Å². The fourth-order valence-corrected chi connectivity index (χ4v) is 3.19. The van der Waals surface area contributed by atoms with Gasteiger partial charge in [0.15, 0.2) is 0 Å². The highest BCUT2D eigenvalue weighted by Crippen LogP contribution is 2.28. The maximum absolute atomic E-state index is 3.50. The molecule has 1 N–H and O–H groups in total. The van der Waals surface area contributed by atoms with E-state index in [2.05, 4.69) is 59.3 Å². The van der Waals surface area contributed by atoms with E-state index in [4.69, 9.17) is 0 Å². The van der Waals surface area contributed by atoms with Crippen LogP contribution in [0.25, 0.3) is 10.9 Å². The van der Waals surface area contributed by atoms with Gasteiger partial charge in [-0.05, 0) is 37.9 Å². The molecule has 1 fully saturated rings. The summed E-state index contributed by atoms with van der Waals surface area (Å²) in [6.07, 6.45) is 4.91. The average molecular weight is 257 g/mol. The smallest absolute Gasteiger partial charge is 0.0623 e. The zero-order valence-electron chi connectivity index (χ0n) is 11.9. The summed E-state index contributed by atoms with van der Waals surface area (Å²) in [7, 11) is 4.35. The Labute approximate surface area is 115 Å². The Balaban J connectivity index is 1.82. The number of anilines is 1. The summed E-state index contributed by atoms with van der Waals surface area (Å²) in [5, 5.41) is 4.86. The van der Waals surface area contributed by atoms with Crippen LogP contribution in [-0.2, 0) is 7.05 Å². The standard InChI is InChI=1S/C16H23N3/c1-18(11-13-6-5-9-17-10-13)16-12-19(2)15-8-4-3-7-14(15)16/h3-4,7-8,12-13,17H,5-6,9-11H2,1-2H3. The van der Waals surface area contributed by atoms with Gasteiger partial charge in [-0.25, -0.2) is 0 Å². The maximum atomic E-state index is 3.50. The van der Waals surface area contributed by atoms with Crippen LogP contribution in [0.2, 0.25) is 0 Å². The second-order valence-corrected chi connectivity index (χ2v) is 5.74. The highest BCUT2D eigenvalue weighted by Gasteiger charge is 2.17. The molecule has 0 aliphatic carbocycles. The molecule has 3 rings (SSSR count). The monoisotopic (exact) mass is 257 g/mol. The fraction of sp³-hybridized carbons (Fsp3) is 0.500. The minimum absolute atomic E-state index is 0.776. The Morgan fingerprint density at radius 2 is 2.21 bits per heavy atom. The van der Waals surface area contributed by atoms with Gasteiger partial charge in [0.05, 0.1) is 5.69 Å². The Kier molecular flexibility index (Phi) is 3.47. The van der Waals surface area contributed by atoms with Gasteiger partial charge < -0.3 is 14.8 Å². The number of para-hydroxylation sites is 1. The number of aryl methyl sites for hydroxylation is 1. The van der Waals surface area contributed by atoms with Crippen LogP contribution in [0.15, 0.2) is 30.5 Å². The average Bonchev–Trinajstić information content (AvgIpc) is 2.78. The molecule has 0 radical (unpaired) electrons. The van der Waals surface area contributed by atoms with Gasteiger partial charge in [0, 0.05) is 37.7 Å². The first-order valence-corrected chi connectivity index (χ1v) is 7.21. The van der Waals surface area contributed by atoms with Crippen molar-refractivity contribution in [3.8, 4) is 0 Å². The van der Waals surface area contributed by atoms with E-state index in [-0.39, 0.29) is 0 Å². The lowest BCUT2D eigenvalue weighted by molar-refractivity contribution is 0.381. The lowest BCUT2D eigenvalue weighted by atomic mass is 9.99. The Hall–Kier alpha value is -1.48. The molecule has 1 aromatic heterocycles. The second kappa shape index (κ2) is 5.25. The summed E-state index contributed by atoms with van der Waals surface area (Å²) in [4.78, 5) is 2.42. The highest BCUT2D eigenvalue weighted by molar-refractivity contribution is 5.93. The summed E-state index contributed by atoms with van der Waals surface area (Å²) < 4.78 is 2.22. The fourth-order valence-electron chi connectivity index (χ4n) is 3.19. The summed E-state index contributed by atoms with van der Waals surface area (Å²) in [5.41, 5.74) is 2.66. The first kappa shape index (κ1) is 12.5. The quantitative estimate of drug-likeness (QED) is 0.912. The predicted octanol–water partition coefficient (Wildman–Crippen LogP) is 2.61. The minimum atomic E-state index is 0.776. The number of fused-ring (bicyclic) bond motifs is 1. The molecule has 0 saturated carbocycles. The normalized spacial score (nSPS) is 19.8. The highest BCUT2D eigenvalue weighted by atomic mass is 15.1. The lowest BCUT2D eigenvalue weighted by Gasteiger charge is -2.28. The van der Waals surface area contributed by atoms with Gasteiger partial charge >= 0.3 is 0 Å². The number of nitrogens with zero attached hydrogens (tertiary/aromatic N) is 2. The molecule has 1 aliphatic rings. The number of hydrogen-bond acceptors (Lipinski definition) is 2. The van der Waals surface area contributed by atoms with Crippen LogP contribution in [0.5, 0.6) is 0 Å². The van der Waals surface area contributed by atoms with Gasteiger partial charge in [0.1, 0.15) is 0 Å². The molecule has 3 nitrogen and oxygen atoms in total. The molecular weight excluding hydrogens is 234 g/mol. The summed E-state index contributed by atoms with van der Waals surface area (Å²) in [5.74, 6) is 0.776. The molecule has 0 amide bonds. The summed E-state index contributed by atoms with van der Waals surface area (Å²) in [6.45, 7) is 3.49. The molecule has 1 saturated heterocycles. The molecule has 2 heterocycles. The van der Waals surface area contributed by atoms with Crippen LogP contribution < -0.4 is 10.2 Å². The van der Waals surface area contributed by atoms with Crippen molar-refractivity contribution in [2.75, 3.05) is 31.6 Å². The van der Waals surface area contributed by atoms with Crippen LogP contribution in [0.4, 0.5) is 5.69 Å². The number of piperidine rings is 1. The third kappa shape index (κ3) is 2.47. The van der Waals surface area contributed by atoms with Crippen LogP contribution in [0.3, 0.4) is 0 Å². The third-order valence-corrected chi connectivity index (χ3v) is 4.22. The van der Waals surface area contributed by atoms with E-state index in [1.165, 1.54) is 36.0 Å². The molecule has 0 bridgehead atoms. The van der Waals surface area contributed by atoms with Crippen molar-refractivity contribution >= 4 is 16.6 Å². The third-order valence-electron chi connectivity index (χ3n) is 4.22. The maximum Gasteiger partial charge on any atom is 0.0623 e. The molecule has 102 valence electrons. The summed E-state index contributed by atoms with van der Waals surface area (Å²) >= 11 is 0. The van der Waals surface area contributed by atoms with Crippen LogP contribution in [-0.4, -0.2) is 31.2 Å². The van der Waals surface area contributed by atoms with Crippen molar-refractivity contribution in [1.82, 2.24) is 9.88 Å². The SMILES string of the molecule is CN(CC1CCCNC1)c1cn(C)c2ccccc12. The molecule has 0 spiro atoms. The van der Waals surface area contributed by atoms with E-state index in [1.807, 2.05) is 0 Å². The number of hydrogen-bond donors (Lipinski definition) is 1. The first-order valence-electron chi connectivity index (χ1n) is 7.21. The molecule has 2 aromatic rings. The molecule has 19 heavy (non-hydrogen) atoms. The number of nitrogens with one attached hydrogen (secondary N) is 1. The van der Waals surface area contributed by atoms with Crippen LogP contribution in [0.1, 0.15) is 12.8 Å². The molecule has 1 unspecified atom stereocenters. The van der Waals surface area contributed by atoms with E-state index in [9.17, 15) is 0 Å². The van der Waals surface area contributed by atoms with Crippen molar-refractivity contribution in [3.63, 3.8) is 0 Å². The topological polar surface area (TPSA) is 20.2 Å². The lowest BCUT2D eigenvalue weighted by Crippen LogP contribution is -2.36. The van der Waals surface area contributed by atoms with Gasteiger partial charge in [-0.3, -0.25) is 0 Å². The van der Waals surface area contributed by atoms with E-state index >= 15 is 0 Å². The van der Waals surface area contributed by atoms with E-state index in [0.717, 1.165) is 19.0 Å². The Bertz CT molecular complexity index is 552. The number of rotatable bonds is 3. The zero-order chi connectivity index (χ0) is 13.2. The molecular formula is C16H23N3. The zero-order valence-corrected chi connectivity index (χ0v) is 11.9. The predicted molar refractivity (Wildman–Crippen MR) is 81.8 cm³/mol. The van der Waals surface area contributed by atoms with Crippen molar-refractivity contribution in [1.29, 1.82) is 0 Å². The minimum Gasteiger partial charge on any atom is -0.373 e. The Morgan fingerprint density at radius 1 is 1.37 bits per heavy atom. The number of aromatic nitrogens is 1. The van der Waals surface area contributed by atoms with Crippen LogP contribution in [0, 0.1) is 5.92 Å². The second-order valence-electron chi connectivity index (χ2n) is 5.74. The van der Waals surface area contributed by atoms with Crippen molar-refractivity contribution in [2.24, 2.45) is 13.0 Å². The van der Waals surface area contributed by atoms with E-state index < -0.39 is 0 Å². The molecule has 1 aromatic carbocycles. The van der Waals surface area contributed by atoms with E-state index in [0.29, 0.717) is 0 Å². The van der Waals surface area contributed by atoms with Crippen molar-refractivity contribution in [3.05, 3.63) is 30.5 Å². The van der Waals surface area contributed by atoms with Crippen molar-refractivity contribution < 1.29 is 0 Å². The van der Waals surface area contributed by atoms with Gasteiger partial charge in [-0.1, -0.05) is 18.2 Å². The largest absolute Gasteiger partial charge is 0.373 e. The van der Waals surface area contributed by atoms with Gasteiger partial charge in [-0.15, -0.1) is 0 Å². The molecule has 1 atom stereocenters. The van der Waals surface area contributed by atoms with E-state index in [1.54, 1.807) is 0 Å². The summed E-state index contributed by atoms with van der Waals surface area (Å²) in [6, 6.07) is 8.65. The van der Waals surface area contributed by atoms with Gasteiger partial charge in [0.25, 0.3) is 0 Å². The Morgan fingerprint density at radius 3 is 3.00 bits per heavy atom.